The van der Waals surface area contributed by atoms with Gasteiger partial charge in [0.25, 0.3) is 15.7 Å². The molecule has 0 aliphatic carbocycles. The third kappa shape index (κ3) is 3.72. The van der Waals surface area contributed by atoms with Crippen LogP contribution in [0.2, 0.25) is 5.02 Å². The molecule has 0 fully saturated rings. The van der Waals surface area contributed by atoms with Gasteiger partial charge in [-0.25, -0.2) is 8.42 Å². The standard InChI is InChI=1S/C12H8BrClN2O4S/c13-11-6-1-8(7-12(11)14)15-21(19,20)10-4-2-9(3-5-10)16(17)18/h1-7,15H. The first kappa shape index (κ1) is 15.7. The van der Waals surface area contributed by atoms with Gasteiger partial charge in [0.15, 0.2) is 0 Å². The molecule has 6 nitrogen and oxygen atoms in total. The van der Waals surface area contributed by atoms with Gasteiger partial charge in [-0.3, -0.25) is 14.8 Å². The predicted octanol–water partition coefficient (Wildman–Crippen LogP) is 3.81. The molecule has 0 saturated heterocycles. The molecular formula is C12H8BrClN2O4S. The Morgan fingerprint density at radius 1 is 1.14 bits per heavy atom. The van der Waals surface area contributed by atoms with Gasteiger partial charge in [-0.2, -0.15) is 0 Å². The van der Waals surface area contributed by atoms with Crippen molar-refractivity contribution in [1.82, 2.24) is 0 Å². The van der Waals surface area contributed by atoms with E-state index in [1.54, 1.807) is 12.1 Å². The summed E-state index contributed by atoms with van der Waals surface area (Å²) in [5.74, 6) is 0. The Balaban J connectivity index is 2.29. The van der Waals surface area contributed by atoms with Crippen LogP contribution in [0.15, 0.2) is 51.8 Å². The lowest BCUT2D eigenvalue weighted by Crippen LogP contribution is -2.12. The number of nitrogens with one attached hydrogen (secondary N) is 1. The highest BCUT2D eigenvalue weighted by Gasteiger charge is 2.16. The van der Waals surface area contributed by atoms with Crippen LogP contribution in [0.1, 0.15) is 0 Å². The van der Waals surface area contributed by atoms with Crippen molar-refractivity contribution in [3.8, 4) is 0 Å². The first-order chi connectivity index (χ1) is 9.79. The molecular weight excluding hydrogens is 384 g/mol. The molecule has 0 saturated carbocycles. The fraction of sp³-hybridized carbons (Fsp3) is 0. The van der Waals surface area contributed by atoms with E-state index >= 15 is 0 Å². The van der Waals surface area contributed by atoms with Gasteiger partial charge >= 0.3 is 0 Å². The molecule has 0 heterocycles. The molecule has 0 radical (unpaired) electrons. The molecule has 1 N–H and O–H groups in total. The first-order valence-electron chi connectivity index (χ1n) is 5.52. The van der Waals surface area contributed by atoms with Gasteiger partial charge in [-0.15, -0.1) is 0 Å². The lowest BCUT2D eigenvalue weighted by atomic mass is 10.3. The molecule has 0 unspecified atom stereocenters. The zero-order chi connectivity index (χ0) is 15.6. The van der Waals surface area contributed by atoms with Gasteiger partial charge in [0.1, 0.15) is 0 Å². The van der Waals surface area contributed by atoms with Crippen molar-refractivity contribution in [2.45, 2.75) is 4.90 Å². The van der Waals surface area contributed by atoms with Crippen molar-refractivity contribution >= 4 is 48.9 Å². The topological polar surface area (TPSA) is 89.3 Å². The van der Waals surface area contributed by atoms with E-state index in [4.69, 9.17) is 11.6 Å². The summed E-state index contributed by atoms with van der Waals surface area (Å²) in [7, 11) is -3.83. The third-order valence-corrected chi connectivity index (χ3v) is 5.16. The molecule has 9 heteroatoms. The Bertz CT molecular complexity index is 793. The van der Waals surface area contributed by atoms with Gasteiger partial charge in [0.05, 0.1) is 20.5 Å². The molecule has 0 atom stereocenters. The number of nitro groups is 1. The largest absolute Gasteiger partial charge is 0.280 e. The maximum atomic E-state index is 12.1. The summed E-state index contributed by atoms with van der Waals surface area (Å²) < 4.78 is 27.3. The van der Waals surface area contributed by atoms with Crippen LogP contribution in [0.5, 0.6) is 0 Å². The minimum Gasteiger partial charge on any atom is -0.280 e. The summed E-state index contributed by atoms with van der Waals surface area (Å²) in [5.41, 5.74) is 0.113. The van der Waals surface area contributed by atoms with Crippen molar-refractivity contribution in [3.63, 3.8) is 0 Å². The van der Waals surface area contributed by atoms with E-state index in [1.807, 2.05) is 0 Å². The predicted molar refractivity (Wildman–Crippen MR) is 83.1 cm³/mol. The number of anilines is 1. The SMILES string of the molecule is O=[N+]([O-])c1ccc(S(=O)(=O)Nc2ccc(Br)c(Cl)c2)cc1. The van der Waals surface area contributed by atoms with Crippen molar-refractivity contribution in [2.75, 3.05) is 4.72 Å². The van der Waals surface area contributed by atoms with Crippen LogP contribution in [-0.2, 0) is 10.0 Å². The van der Waals surface area contributed by atoms with Crippen molar-refractivity contribution in [2.24, 2.45) is 0 Å². The van der Waals surface area contributed by atoms with Gasteiger partial charge in [0, 0.05) is 16.6 Å². The van der Waals surface area contributed by atoms with Gasteiger partial charge in [-0.1, -0.05) is 11.6 Å². The molecule has 0 aromatic heterocycles. The van der Waals surface area contributed by atoms with Crippen LogP contribution in [0.25, 0.3) is 0 Å². The van der Waals surface area contributed by atoms with E-state index in [2.05, 4.69) is 20.7 Å². The lowest BCUT2D eigenvalue weighted by Gasteiger charge is -2.08. The summed E-state index contributed by atoms with van der Waals surface area (Å²) in [6, 6.07) is 9.19. The highest BCUT2D eigenvalue weighted by Crippen LogP contribution is 2.27. The molecule has 0 aliphatic rings. The Morgan fingerprint density at radius 2 is 1.76 bits per heavy atom. The van der Waals surface area contributed by atoms with Crippen LogP contribution < -0.4 is 4.72 Å². The maximum Gasteiger partial charge on any atom is 0.269 e. The second-order valence-corrected chi connectivity index (χ2v) is 6.93. The minimum atomic E-state index is -3.83. The van der Waals surface area contributed by atoms with Crippen LogP contribution in [0.3, 0.4) is 0 Å². The Morgan fingerprint density at radius 3 is 2.29 bits per heavy atom. The number of benzene rings is 2. The maximum absolute atomic E-state index is 12.1. The second-order valence-electron chi connectivity index (χ2n) is 3.99. The molecule has 2 rings (SSSR count). The number of rotatable bonds is 4. The molecule has 2 aromatic rings. The summed E-state index contributed by atoms with van der Waals surface area (Å²) in [6.07, 6.45) is 0. The minimum absolute atomic E-state index is 0.0767. The third-order valence-electron chi connectivity index (χ3n) is 2.53. The average molecular weight is 392 g/mol. The van der Waals surface area contributed by atoms with Gasteiger partial charge in [-0.05, 0) is 46.3 Å². The van der Waals surface area contributed by atoms with Gasteiger partial charge in [0.2, 0.25) is 0 Å². The van der Waals surface area contributed by atoms with Crippen LogP contribution >= 0.6 is 27.5 Å². The zero-order valence-electron chi connectivity index (χ0n) is 10.3. The van der Waals surface area contributed by atoms with Crippen LogP contribution in [0, 0.1) is 10.1 Å². The number of nitrogens with zero attached hydrogens (tertiary/aromatic N) is 1. The van der Waals surface area contributed by atoms with E-state index < -0.39 is 14.9 Å². The van der Waals surface area contributed by atoms with Crippen LogP contribution in [-0.4, -0.2) is 13.3 Å². The number of non-ortho nitro benzene ring substituents is 1. The monoisotopic (exact) mass is 390 g/mol. The number of nitro benzene ring substituents is 1. The lowest BCUT2D eigenvalue weighted by molar-refractivity contribution is -0.384. The van der Waals surface area contributed by atoms with Crippen molar-refractivity contribution in [1.29, 1.82) is 0 Å². The molecule has 0 aliphatic heterocycles. The number of hydrogen-bond donors (Lipinski definition) is 1. The highest BCUT2D eigenvalue weighted by molar-refractivity contribution is 9.10. The summed E-state index contributed by atoms with van der Waals surface area (Å²) in [5, 5.41) is 10.9. The number of hydrogen-bond acceptors (Lipinski definition) is 4. The normalized spacial score (nSPS) is 11.1. The highest BCUT2D eigenvalue weighted by atomic mass is 79.9. The van der Waals surface area contributed by atoms with Crippen LogP contribution in [0.4, 0.5) is 11.4 Å². The molecule has 0 spiro atoms. The first-order valence-corrected chi connectivity index (χ1v) is 8.17. The van der Waals surface area contributed by atoms with Crippen molar-refractivity contribution < 1.29 is 13.3 Å². The van der Waals surface area contributed by atoms with Gasteiger partial charge < -0.3 is 0 Å². The summed E-state index contributed by atoms with van der Waals surface area (Å²) in [6.45, 7) is 0. The van der Waals surface area contributed by atoms with E-state index in [0.29, 0.717) is 15.2 Å². The number of halogens is 2. The quantitative estimate of drug-likeness (QED) is 0.634. The summed E-state index contributed by atoms with van der Waals surface area (Å²) >= 11 is 9.09. The van der Waals surface area contributed by atoms with Crippen molar-refractivity contribution in [3.05, 3.63) is 62.1 Å². The average Bonchev–Trinajstić information content (AvgIpc) is 2.43. The molecule has 0 bridgehead atoms. The second kappa shape index (κ2) is 6.00. The Labute approximate surface area is 134 Å². The molecule has 21 heavy (non-hydrogen) atoms. The molecule has 2 aromatic carbocycles. The molecule has 0 amide bonds. The number of sulfonamides is 1. The van der Waals surface area contributed by atoms with E-state index in [1.165, 1.54) is 18.2 Å². The fourth-order valence-corrected chi connectivity index (χ4v) is 3.00. The van der Waals surface area contributed by atoms with E-state index in [-0.39, 0.29) is 10.6 Å². The van der Waals surface area contributed by atoms with E-state index in [9.17, 15) is 18.5 Å². The fourth-order valence-electron chi connectivity index (χ4n) is 1.52. The zero-order valence-corrected chi connectivity index (χ0v) is 13.4. The Hall–Kier alpha value is -1.64. The van der Waals surface area contributed by atoms with E-state index in [0.717, 1.165) is 12.1 Å². The Kier molecular flexibility index (Phi) is 4.50. The smallest absolute Gasteiger partial charge is 0.269 e. The molecule has 110 valence electrons. The summed E-state index contributed by atoms with van der Waals surface area (Å²) in [4.78, 5) is 9.87.